The van der Waals surface area contributed by atoms with Gasteiger partial charge >= 0.3 is 21.7 Å². The summed E-state index contributed by atoms with van der Waals surface area (Å²) in [5, 5.41) is 7.57. The predicted octanol–water partition coefficient (Wildman–Crippen LogP) is 0.982. The van der Waals surface area contributed by atoms with Crippen molar-refractivity contribution in [3.8, 4) is 0 Å². The van der Waals surface area contributed by atoms with Crippen LogP contribution in [0.2, 0.25) is 4.55 Å². The van der Waals surface area contributed by atoms with Gasteiger partial charge in [0.1, 0.15) is 0 Å². The van der Waals surface area contributed by atoms with E-state index in [0.29, 0.717) is 0 Å². The Labute approximate surface area is 58.6 Å². The van der Waals surface area contributed by atoms with Crippen LogP contribution in [0, 0.1) is 0 Å². The smallest absolute Gasteiger partial charge is 0.397 e. The Bertz CT molecular complexity index is 15.6. The predicted molar refractivity (Wildman–Crippen MR) is 33.6 cm³/mol. The van der Waals surface area contributed by atoms with Crippen molar-refractivity contribution in [2.24, 2.45) is 0 Å². The minimum atomic E-state index is 0.250. The third-order valence-corrected chi connectivity index (χ3v) is 1.06. The van der Waals surface area contributed by atoms with Crippen LogP contribution in [0.5, 0.6) is 0 Å². The van der Waals surface area contributed by atoms with Crippen molar-refractivity contribution in [3.05, 3.63) is 0 Å². The van der Waals surface area contributed by atoms with Gasteiger partial charge in [0.25, 0.3) is 4.55 Å². The molecule has 0 aliphatic heterocycles. The summed E-state index contributed by atoms with van der Waals surface area (Å²) in [4.78, 5) is 0. The van der Waals surface area contributed by atoms with Gasteiger partial charge < -0.3 is 5.11 Å². The van der Waals surface area contributed by atoms with E-state index in [9.17, 15) is 0 Å². The number of aliphatic hydroxyl groups is 1. The minimum Gasteiger partial charge on any atom is -0.397 e. The Balaban J connectivity index is 0. The van der Waals surface area contributed by atoms with E-state index in [1.165, 1.54) is 11.0 Å². The molecule has 0 aromatic carbocycles. The van der Waals surface area contributed by atoms with E-state index in [1.807, 2.05) is 21.7 Å². The van der Waals surface area contributed by atoms with Crippen LogP contribution in [-0.2, 0) is 0 Å². The summed E-state index contributed by atoms with van der Waals surface area (Å²) in [5.41, 5.74) is 0. The van der Waals surface area contributed by atoms with Crippen molar-refractivity contribution < 1.29 is 5.11 Å². The van der Waals surface area contributed by atoms with Gasteiger partial charge in [0.15, 0.2) is 0 Å². The molecule has 0 saturated carbocycles. The number of rotatable bonds is 1. The summed E-state index contributed by atoms with van der Waals surface area (Å²) in [6.07, 6.45) is 1.33. The molecule has 0 fully saturated rings. The van der Waals surface area contributed by atoms with Crippen molar-refractivity contribution in [2.75, 3.05) is 6.61 Å². The van der Waals surface area contributed by atoms with Crippen molar-refractivity contribution in [1.29, 1.82) is 0 Å². The van der Waals surface area contributed by atoms with Gasteiger partial charge in [0, 0.05) is 13.0 Å². The van der Waals surface area contributed by atoms with E-state index in [0.717, 1.165) is 0 Å². The molecule has 0 unspecified atom stereocenters. The maximum atomic E-state index is 7.57. The number of hydrogen-bond donors (Lipinski definition) is 1. The van der Waals surface area contributed by atoms with Crippen LogP contribution in [0.25, 0.3) is 0 Å². The van der Waals surface area contributed by atoms with E-state index in [4.69, 9.17) is 5.11 Å². The molecule has 0 bridgehead atoms. The monoisotopic (exact) mass is 113 g/mol. The second-order valence-corrected chi connectivity index (χ2v) is 1.88. The average Bonchev–Trinajstić information content (AvgIpc) is 1.69. The normalized spacial score (nSPS) is 6.86. The number of hydrogen-bond acceptors (Lipinski definition) is 1. The van der Waals surface area contributed by atoms with E-state index in [1.54, 1.807) is 6.92 Å². The molecule has 0 heterocycles. The zero-order valence-corrected chi connectivity index (χ0v) is 6.69. The molecule has 0 amide bonds. The number of aliphatic hydroxyl groups excluding tert-OH is 1. The van der Waals surface area contributed by atoms with Crippen molar-refractivity contribution >= 4 is 21.7 Å². The first-order valence-electron chi connectivity index (χ1n) is 2.73. The van der Waals surface area contributed by atoms with Crippen LogP contribution in [0.1, 0.15) is 20.3 Å². The van der Waals surface area contributed by atoms with Crippen LogP contribution < -0.4 is 0 Å². The van der Waals surface area contributed by atoms with Gasteiger partial charge in [0.05, 0.1) is 0 Å². The summed E-state index contributed by atoms with van der Waals surface area (Å²) in [6, 6.07) is 0. The largest absolute Gasteiger partial charge is 1.41 e. The summed E-state index contributed by atoms with van der Waals surface area (Å²) < 4.78 is 1.35. The fraction of sp³-hybridized carbons (Fsp3) is 1.00. The van der Waals surface area contributed by atoms with E-state index >= 15 is 0 Å². The molecule has 1 nitrogen and oxygen atoms in total. The molecule has 0 spiro atoms. The third-order valence-electron chi connectivity index (χ3n) is 0.354. The van der Waals surface area contributed by atoms with Crippen LogP contribution in [0.4, 0.5) is 0 Å². The molecule has 0 saturated heterocycles. The first-order chi connectivity index (χ1) is 3.33. The highest BCUT2D eigenvalue weighted by molar-refractivity contribution is 6.08. The lowest BCUT2D eigenvalue weighted by Crippen LogP contribution is -1.57. The van der Waals surface area contributed by atoms with Crippen LogP contribution in [0.15, 0.2) is 0 Å². The van der Waals surface area contributed by atoms with Crippen LogP contribution in [0.3, 0.4) is 0 Å². The first-order valence-corrected chi connectivity index (χ1v) is 3.73. The van der Waals surface area contributed by atoms with Gasteiger partial charge in [-0.2, -0.15) is 0 Å². The molecule has 0 aliphatic carbocycles. The Kier molecular flexibility index (Phi) is 24.2. The van der Waals surface area contributed by atoms with Crippen molar-refractivity contribution in [3.63, 3.8) is 0 Å². The first kappa shape index (κ1) is 10.7. The van der Waals surface area contributed by atoms with Gasteiger partial charge in [-0.3, -0.25) is 0 Å². The minimum absolute atomic E-state index is 0.250. The second-order valence-electron chi connectivity index (χ2n) is 1.17. The van der Waals surface area contributed by atoms with Crippen molar-refractivity contribution in [2.45, 2.75) is 24.8 Å². The molecule has 7 radical (unpaired) electrons. The second kappa shape index (κ2) is 15.9. The maximum Gasteiger partial charge on any atom is 1.41 e. The zero-order valence-electron chi connectivity index (χ0n) is 5.28. The van der Waals surface area contributed by atoms with Crippen LogP contribution >= 0.6 is 0 Å². The molecule has 7 heavy (non-hydrogen) atoms. The summed E-state index contributed by atoms with van der Waals surface area (Å²) in [5.74, 6) is 0. The van der Waals surface area contributed by atoms with Gasteiger partial charge in [-0.1, -0.05) is 6.92 Å². The molecule has 1 N–H and O–H groups in total. The highest BCUT2D eigenvalue weighted by Crippen LogP contribution is 1.73. The summed E-state index contributed by atoms with van der Waals surface area (Å²) >= 11 is 2.02. The Morgan fingerprint density at radius 3 is 1.57 bits per heavy atom. The van der Waals surface area contributed by atoms with E-state index in [-0.39, 0.29) is 6.61 Å². The summed E-state index contributed by atoms with van der Waals surface area (Å²) in [6.45, 7) is 4.12. The van der Waals surface area contributed by atoms with E-state index < -0.39 is 0 Å². The molecular formula is C5H13MgO+2. The SMILES string of the molecule is CCO.CC[CH2][Mg+2]. The quantitative estimate of drug-likeness (QED) is 0.503. The maximum absolute atomic E-state index is 7.57. The molecule has 0 rings (SSSR count). The fourth-order valence-electron chi connectivity index (χ4n) is 0. The molecule has 0 aromatic rings. The molecule has 0 aromatic heterocycles. The fourth-order valence-corrected chi connectivity index (χ4v) is 0. The highest BCUT2D eigenvalue weighted by Gasteiger charge is 2.17. The molecule has 39 valence electrons. The Morgan fingerprint density at radius 2 is 1.57 bits per heavy atom. The average molecular weight is 113 g/mol. The third kappa shape index (κ3) is 50.4. The lowest BCUT2D eigenvalue weighted by atomic mass is 10.6. The standard InChI is InChI=1S/C3H7.C2H6O.Mg/c1-3-2;1-2-3;/h1,3H2,2H3;3H,2H2,1H3;/q;;+2. The lowest BCUT2D eigenvalue weighted by Gasteiger charge is -1.52. The van der Waals surface area contributed by atoms with Crippen molar-refractivity contribution in [1.82, 2.24) is 0 Å². The van der Waals surface area contributed by atoms with Gasteiger partial charge in [0.2, 0.25) is 0 Å². The van der Waals surface area contributed by atoms with Crippen LogP contribution in [-0.4, -0.2) is 33.4 Å². The molecule has 0 aliphatic rings. The molecule has 2 heteroatoms. The Hall–Kier alpha value is 0.726. The highest BCUT2D eigenvalue weighted by atomic mass is 24.4. The Morgan fingerprint density at radius 1 is 1.43 bits per heavy atom. The summed E-state index contributed by atoms with van der Waals surface area (Å²) in [7, 11) is 0. The zero-order chi connectivity index (χ0) is 6.12. The molecular weight excluding hydrogens is 100 g/mol. The molecule has 0 atom stereocenters. The topological polar surface area (TPSA) is 20.2 Å². The van der Waals surface area contributed by atoms with Gasteiger partial charge in [-0.25, -0.2) is 0 Å². The lowest BCUT2D eigenvalue weighted by molar-refractivity contribution is 0.318. The van der Waals surface area contributed by atoms with E-state index in [2.05, 4.69) is 6.92 Å². The van der Waals surface area contributed by atoms with Gasteiger partial charge in [-0.05, 0) is 6.92 Å². The van der Waals surface area contributed by atoms with Gasteiger partial charge in [-0.15, -0.1) is 0 Å².